The number of likely N-dealkylation sites (tertiary alicyclic amines) is 1. The van der Waals surface area contributed by atoms with Gasteiger partial charge in [-0.2, -0.15) is 13.2 Å². The quantitative estimate of drug-likeness (QED) is 0.586. The molecule has 2 aromatic heterocycles. The number of piperidine rings is 1. The summed E-state index contributed by atoms with van der Waals surface area (Å²) < 4.78 is 38.3. The van der Waals surface area contributed by atoms with Crippen LogP contribution in [-0.4, -0.2) is 49.9 Å². The molecule has 1 fully saturated rings. The number of aromatic nitrogens is 4. The largest absolute Gasteiger partial charge is 0.419 e. The van der Waals surface area contributed by atoms with Crippen LogP contribution in [0.5, 0.6) is 0 Å². The Kier molecular flexibility index (Phi) is 6.76. The highest BCUT2D eigenvalue weighted by molar-refractivity contribution is 6.00. The van der Waals surface area contributed by atoms with Crippen LogP contribution in [0.4, 0.5) is 19.1 Å². The molecule has 0 saturated carbocycles. The van der Waals surface area contributed by atoms with E-state index in [1.807, 2.05) is 30.0 Å². The zero-order valence-electron chi connectivity index (χ0n) is 18.9. The number of carbonyl (C=O) groups is 1. The molecule has 7 nitrogen and oxygen atoms in total. The highest BCUT2D eigenvalue weighted by Gasteiger charge is 2.34. The van der Waals surface area contributed by atoms with E-state index in [9.17, 15) is 18.0 Å². The maximum Gasteiger partial charge on any atom is 0.419 e. The molecular weight excluding hydrogens is 445 g/mol. The molecule has 0 spiro atoms. The Balaban J connectivity index is 1.57. The smallest absolute Gasteiger partial charge is 0.352 e. The minimum Gasteiger partial charge on any atom is -0.352 e. The first-order valence-corrected chi connectivity index (χ1v) is 11.1. The Hall–Kier alpha value is -3.56. The first kappa shape index (κ1) is 23.6. The van der Waals surface area contributed by atoms with E-state index in [4.69, 9.17) is 0 Å². The number of benzene rings is 1. The maximum atomic E-state index is 13.8. The molecule has 4 rings (SSSR count). The molecule has 1 N–H and O–H groups in total. The third-order valence-corrected chi connectivity index (χ3v) is 6.04. The van der Waals surface area contributed by atoms with Gasteiger partial charge < -0.3 is 10.2 Å². The molecule has 1 amide bonds. The van der Waals surface area contributed by atoms with Gasteiger partial charge in [-0.05, 0) is 37.8 Å². The molecule has 34 heavy (non-hydrogen) atoms. The highest BCUT2D eigenvalue weighted by Crippen LogP contribution is 2.30. The molecule has 0 radical (unpaired) electrons. The van der Waals surface area contributed by atoms with Crippen molar-refractivity contribution in [3.05, 3.63) is 65.7 Å². The third-order valence-electron chi connectivity index (χ3n) is 6.04. The van der Waals surface area contributed by atoms with Crippen molar-refractivity contribution in [2.24, 2.45) is 5.92 Å². The van der Waals surface area contributed by atoms with E-state index in [1.165, 1.54) is 0 Å². The topological polar surface area (TPSA) is 83.9 Å². The molecule has 1 aromatic carbocycles. The molecule has 1 aliphatic rings. The van der Waals surface area contributed by atoms with Gasteiger partial charge >= 0.3 is 6.18 Å². The monoisotopic (exact) mass is 470 g/mol. The number of amides is 1. The second-order valence-electron chi connectivity index (χ2n) is 8.48. The van der Waals surface area contributed by atoms with Crippen LogP contribution in [0, 0.1) is 12.8 Å². The summed E-state index contributed by atoms with van der Waals surface area (Å²) in [6.45, 7) is 4.89. The third kappa shape index (κ3) is 5.16. The van der Waals surface area contributed by atoms with Gasteiger partial charge in [0.15, 0.2) is 5.82 Å². The first-order chi connectivity index (χ1) is 16.2. The van der Waals surface area contributed by atoms with Gasteiger partial charge in [-0.15, -0.1) is 0 Å². The van der Waals surface area contributed by atoms with E-state index in [-0.39, 0.29) is 23.8 Å². The van der Waals surface area contributed by atoms with E-state index < -0.39 is 11.7 Å². The van der Waals surface area contributed by atoms with E-state index in [0.717, 1.165) is 30.8 Å². The summed E-state index contributed by atoms with van der Waals surface area (Å²) in [7, 11) is 0. The lowest BCUT2D eigenvalue weighted by atomic mass is 9.89. The number of alkyl halides is 3. The van der Waals surface area contributed by atoms with Gasteiger partial charge in [0.2, 0.25) is 5.95 Å². The fourth-order valence-electron chi connectivity index (χ4n) is 4.20. The second kappa shape index (κ2) is 9.74. The van der Waals surface area contributed by atoms with Crippen molar-refractivity contribution in [2.75, 3.05) is 18.4 Å². The van der Waals surface area contributed by atoms with Gasteiger partial charge in [-0.3, -0.25) is 4.79 Å². The van der Waals surface area contributed by atoms with Gasteiger partial charge in [0.05, 0.1) is 17.2 Å². The zero-order valence-corrected chi connectivity index (χ0v) is 18.9. The summed E-state index contributed by atoms with van der Waals surface area (Å²) in [6, 6.07) is 7.15. The lowest BCUT2D eigenvalue weighted by Crippen LogP contribution is -2.51. The van der Waals surface area contributed by atoms with Crippen LogP contribution in [0.2, 0.25) is 0 Å². The van der Waals surface area contributed by atoms with Crippen molar-refractivity contribution in [3.63, 3.8) is 0 Å². The van der Waals surface area contributed by atoms with E-state index in [1.54, 1.807) is 18.5 Å². The molecule has 3 heterocycles. The van der Waals surface area contributed by atoms with Crippen LogP contribution < -0.4 is 5.32 Å². The Morgan fingerprint density at radius 1 is 1.15 bits per heavy atom. The van der Waals surface area contributed by atoms with Crippen LogP contribution in [0.3, 0.4) is 0 Å². The van der Waals surface area contributed by atoms with Crippen molar-refractivity contribution in [2.45, 2.75) is 38.9 Å². The molecule has 2 unspecified atom stereocenters. The minimum absolute atomic E-state index is 0.0899. The Morgan fingerprint density at radius 3 is 2.53 bits per heavy atom. The molecule has 1 aliphatic heterocycles. The molecular formula is C24H25F3N6O. The van der Waals surface area contributed by atoms with Crippen LogP contribution >= 0.6 is 0 Å². The number of rotatable bonds is 5. The summed E-state index contributed by atoms with van der Waals surface area (Å²) in [4.78, 5) is 31.8. The highest BCUT2D eigenvalue weighted by atomic mass is 19.4. The number of hydrogen-bond acceptors (Lipinski definition) is 6. The molecule has 1 saturated heterocycles. The maximum absolute atomic E-state index is 13.8. The molecule has 2 atom stereocenters. The van der Waals surface area contributed by atoms with Gasteiger partial charge in [0.25, 0.3) is 5.91 Å². The number of nitrogens with one attached hydrogen (secondary N) is 1. The summed E-state index contributed by atoms with van der Waals surface area (Å²) in [5.74, 6) is 0.620. The number of halogens is 3. The van der Waals surface area contributed by atoms with Crippen molar-refractivity contribution in [1.29, 1.82) is 0 Å². The average molecular weight is 470 g/mol. The Morgan fingerprint density at radius 2 is 1.85 bits per heavy atom. The van der Waals surface area contributed by atoms with Gasteiger partial charge in [0.1, 0.15) is 0 Å². The van der Waals surface area contributed by atoms with Crippen LogP contribution in [-0.2, 0) is 6.18 Å². The number of aryl methyl sites for hydroxylation is 1. The van der Waals surface area contributed by atoms with Crippen LogP contribution in [0.1, 0.15) is 41.3 Å². The lowest BCUT2D eigenvalue weighted by Gasteiger charge is -2.40. The lowest BCUT2D eigenvalue weighted by molar-refractivity contribution is -0.138. The second-order valence-corrected chi connectivity index (χ2v) is 8.48. The molecule has 3 aromatic rings. The summed E-state index contributed by atoms with van der Waals surface area (Å²) in [5.41, 5.74) is 1.22. The van der Waals surface area contributed by atoms with Crippen LogP contribution in [0.15, 0.2) is 49.1 Å². The van der Waals surface area contributed by atoms with Crippen LogP contribution in [0.25, 0.3) is 11.4 Å². The molecule has 0 aliphatic carbocycles. The molecule has 0 bridgehead atoms. The Labute approximate surface area is 195 Å². The first-order valence-electron chi connectivity index (χ1n) is 11.1. The number of hydrogen-bond donors (Lipinski definition) is 1. The van der Waals surface area contributed by atoms with Crippen molar-refractivity contribution < 1.29 is 18.0 Å². The normalized spacial score (nSPS) is 18.6. The Bertz CT molecular complexity index is 1140. The number of anilines is 1. The minimum atomic E-state index is -4.49. The number of nitrogens with zero attached hydrogens (tertiary/aromatic N) is 5. The SMILES string of the molecule is Cc1ccc(-c2ncccn2)c(C(=O)N2CCCC(C)C2CNc2ncc(C(F)(F)F)cn2)c1. The predicted octanol–water partition coefficient (Wildman–Crippen LogP) is 4.61. The van der Waals surface area contributed by atoms with Gasteiger partial charge in [0, 0.05) is 43.4 Å². The predicted molar refractivity (Wildman–Crippen MR) is 121 cm³/mol. The summed E-state index contributed by atoms with van der Waals surface area (Å²) in [6.07, 6.45) is 2.08. The van der Waals surface area contributed by atoms with Gasteiger partial charge in [-0.25, -0.2) is 19.9 Å². The average Bonchev–Trinajstić information content (AvgIpc) is 2.83. The van der Waals surface area contributed by atoms with Crippen molar-refractivity contribution in [1.82, 2.24) is 24.8 Å². The van der Waals surface area contributed by atoms with Crippen molar-refractivity contribution >= 4 is 11.9 Å². The van der Waals surface area contributed by atoms with E-state index >= 15 is 0 Å². The van der Waals surface area contributed by atoms with Crippen molar-refractivity contribution in [3.8, 4) is 11.4 Å². The van der Waals surface area contributed by atoms with E-state index in [2.05, 4.69) is 32.2 Å². The summed E-state index contributed by atoms with van der Waals surface area (Å²) in [5, 5.41) is 3.01. The van der Waals surface area contributed by atoms with E-state index in [0.29, 0.717) is 30.0 Å². The van der Waals surface area contributed by atoms with Gasteiger partial charge in [-0.1, -0.05) is 24.6 Å². The number of carbonyl (C=O) groups excluding carboxylic acids is 1. The molecule has 10 heteroatoms. The molecule has 178 valence electrons. The summed E-state index contributed by atoms with van der Waals surface area (Å²) >= 11 is 0. The fourth-order valence-corrected chi connectivity index (χ4v) is 4.20. The zero-order chi connectivity index (χ0) is 24.3. The standard InChI is InChI=1S/C24H25F3N6O/c1-15-6-7-18(21-28-8-4-9-29-21)19(11-15)22(34)33-10-3-5-16(2)20(33)14-32-23-30-12-17(13-31-23)24(25,26)27/h4,6-9,11-13,16,20H,3,5,10,14H2,1-2H3,(H,30,31,32). The fraction of sp³-hybridized carbons (Fsp3) is 0.375.